The van der Waals surface area contributed by atoms with Crippen molar-refractivity contribution >= 4 is 11.3 Å². The fourth-order valence-electron chi connectivity index (χ4n) is 1.40. The normalized spacial score (nSPS) is 15.4. The summed E-state index contributed by atoms with van der Waals surface area (Å²) in [5.74, 6) is 0. The van der Waals surface area contributed by atoms with Crippen LogP contribution in [0.3, 0.4) is 0 Å². The van der Waals surface area contributed by atoms with Crippen molar-refractivity contribution in [3.63, 3.8) is 0 Å². The van der Waals surface area contributed by atoms with Gasteiger partial charge in [-0.15, -0.1) is 11.3 Å². The van der Waals surface area contributed by atoms with Gasteiger partial charge >= 0.3 is 0 Å². The van der Waals surface area contributed by atoms with E-state index in [-0.39, 0.29) is 0 Å². The summed E-state index contributed by atoms with van der Waals surface area (Å²) < 4.78 is 0. The molecule has 1 heterocycles. The van der Waals surface area contributed by atoms with Crippen molar-refractivity contribution in [3.8, 4) is 0 Å². The molecule has 0 aromatic carbocycles. The second-order valence-electron chi connectivity index (χ2n) is 3.61. The molecule has 0 bridgehead atoms. The molecule has 2 N–H and O–H groups in total. The van der Waals surface area contributed by atoms with Gasteiger partial charge in [0.25, 0.3) is 0 Å². The molecule has 1 aromatic heterocycles. The van der Waals surface area contributed by atoms with Crippen molar-refractivity contribution in [1.82, 2.24) is 0 Å². The molecule has 2 unspecified atom stereocenters. The number of aryl methyl sites for hydroxylation is 2. The predicted molar refractivity (Wildman–Crippen MR) is 59.7 cm³/mol. The Kier molecular flexibility index (Phi) is 4.58. The van der Waals surface area contributed by atoms with Gasteiger partial charge in [-0.05, 0) is 43.2 Å². The molecule has 80 valence electrons. The highest BCUT2D eigenvalue weighted by atomic mass is 32.1. The topological polar surface area (TPSA) is 40.5 Å². The Labute approximate surface area is 89.2 Å². The van der Waals surface area contributed by atoms with Gasteiger partial charge in [0.1, 0.15) is 0 Å². The van der Waals surface area contributed by atoms with E-state index in [2.05, 4.69) is 18.4 Å². The number of rotatable bonds is 5. The molecule has 1 rings (SSSR count). The molecule has 0 aliphatic carbocycles. The molecule has 0 fully saturated rings. The van der Waals surface area contributed by atoms with E-state index in [1.54, 1.807) is 11.3 Å². The number of hydrogen-bond donors (Lipinski definition) is 2. The highest BCUT2D eigenvalue weighted by Gasteiger charge is 2.14. The molecule has 14 heavy (non-hydrogen) atoms. The zero-order chi connectivity index (χ0) is 10.6. The van der Waals surface area contributed by atoms with Crippen LogP contribution in [0.15, 0.2) is 11.4 Å². The van der Waals surface area contributed by atoms with Gasteiger partial charge in [0.05, 0.1) is 12.2 Å². The highest BCUT2D eigenvalue weighted by molar-refractivity contribution is 7.10. The van der Waals surface area contributed by atoms with E-state index >= 15 is 0 Å². The van der Waals surface area contributed by atoms with Crippen molar-refractivity contribution in [2.24, 2.45) is 0 Å². The maximum absolute atomic E-state index is 9.56. The number of aliphatic hydroxyl groups excluding tert-OH is 2. The second kappa shape index (κ2) is 5.49. The first-order valence-corrected chi connectivity index (χ1v) is 5.92. The summed E-state index contributed by atoms with van der Waals surface area (Å²) in [5.41, 5.74) is 1.29. The molecule has 2 nitrogen and oxygen atoms in total. The van der Waals surface area contributed by atoms with Crippen molar-refractivity contribution in [2.45, 2.75) is 45.3 Å². The molecular weight excluding hydrogens is 196 g/mol. The Balaban J connectivity index is 2.37. The lowest BCUT2D eigenvalue weighted by Gasteiger charge is -2.15. The van der Waals surface area contributed by atoms with E-state index in [9.17, 15) is 10.2 Å². The van der Waals surface area contributed by atoms with Crippen molar-refractivity contribution < 1.29 is 10.2 Å². The summed E-state index contributed by atoms with van der Waals surface area (Å²) in [5, 5.41) is 21.0. The van der Waals surface area contributed by atoms with Crippen LogP contribution in [0.4, 0.5) is 0 Å². The fraction of sp³-hybridized carbons (Fsp3) is 0.636. The summed E-state index contributed by atoms with van der Waals surface area (Å²) in [6, 6.07) is 2.09. The van der Waals surface area contributed by atoms with E-state index in [4.69, 9.17) is 0 Å². The van der Waals surface area contributed by atoms with Crippen LogP contribution >= 0.6 is 11.3 Å². The van der Waals surface area contributed by atoms with Crippen LogP contribution < -0.4 is 0 Å². The lowest BCUT2D eigenvalue weighted by atomic mass is 10.0. The Hall–Kier alpha value is -0.380. The van der Waals surface area contributed by atoms with Crippen LogP contribution in [0.5, 0.6) is 0 Å². The van der Waals surface area contributed by atoms with Gasteiger partial charge in [-0.25, -0.2) is 0 Å². The van der Waals surface area contributed by atoms with Gasteiger partial charge in [0.2, 0.25) is 0 Å². The summed E-state index contributed by atoms with van der Waals surface area (Å²) in [4.78, 5) is 1.31. The minimum atomic E-state index is -0.582. The van der Waals surface area contributed by atoms with E-state index in [0.717, 1.165) is 6.42 Å². The molecular formula is C11H18O2S. The molecule has 0 radical (unpaired) electrons. The largest absolute Gasteiger partial charge is 0.390 e. The lowest BCUT2D eigenvalue weighted by Crippen LogP contribution is -2.25. The van der Waals surface area contributed by atoms with E-state index in [1.165, 1.54) is 10.4 Å². The van der Waals surface area contributed by atoms with Gasteiger partial charge in [-0.2, -0.15) is 0 Å². The summed E-state index contributed by atoms with van der Waals surface area (Å²) in [6.45, 7) is 3.96. The smallest absolute Gasteiger partial charge is 0.0802 e. The van der Waals surface area contributed by atoms with Crippen molar-refractivity contribution in [1.29, 1.82) is 0 Å². The van der Waals surface area contributed by atoms with Gasteiger partial charge in [-0.3, -0.25) is 0 Å². The number of thiophene rings is 1. The van der Waals surface area contributed by atoms with Gasteiger partial charge in [-0.1, -0.05) is 6.92 Å². The molecule has 0 spiro atoms. The van der Waals surface area contributed by atoms with Crippen LogP contribution in [0, 0.1) is 6.92 Å². The van der Waals surface area contributed by atoms with Crippen LogP contribution in [0.25, 0.3) is 0 Å². The molecule has 0 saturated heterocycles. The summed E-state index contributed by atoms with van der Waals surface area (Å²) in [6.07, 6.45) is 0.972. The predicted octanol–water partition coefficient (Wildman–Crippen LogP) is 2.12. The highest BCUT2D eigenvalue weighted by Crippen LogP contribution is 2.18. The van der Waals surface area contributed by atoms with E-state index < -0.39 is 12.2 Å². The minimum Gasteiger partial charge on any atom is -0.390 e. The standard InChI is InChI=1S/C11H18O2S/c1-3-9(12)10(13)4-5-11-8(2)6-7-14-11/h6-7,9-10,12-13H,3-5H2,1-2H3. The average molecular weight is 214 g/mol. The van der Waals surface area contributed by atoms with Crippen molar-refractivity contribution in [3.05, 3.63) is 21.9 Å². The average Bonchev–Trinajstić information content (AvgIpc) is 2.59. The number of hydrogen-bond acceptors (Lipinski definition) is 3. The molecule has 2 atom stereocenters. The van der Waals surface area contributed by atoms with Gasteiger partial charge < -0.3 is 10.2 Å². The van der Waals surface area contributed by atoms with Crippen LogP contribution in [0.1, 0.15) is 30.2 Å². The summed E-state index contributed by atoms with van der Waals surface area (Å²) >= 11 is 1.72. The van der Waals surface area contributed by atoms with E-state index in [0.29, 0.717) is 12.8 Å². The number of aliphatic hydroxyl groups is 2. The Morgan fingerprint density at radius 1 is 1.36 bits per heavy atom. The zero-order valence-corrected chi connectivity index (χ0v) is 9.55. The van der Waals surface area contributed by atoms with Gasteiger partial charge in [0.15, 0.2) is 0 Å². The van der Waals surface area contributed by atoms with Crippen LogP contribution in [0.2, 0.25) is 0 Å². The molecule has 0 amide bonds. The van der Waals surface area contributed by atoms with Crippen molar-refractivity contribution in [2.75, 3.05) is 0 Å². The third kappa shape index (κ3) is 3.08. The molecule has 0 aliphatic rings. The third-order valence-electron chi connectivity index (χ3n) is 2.50. The molecule has 0 aliphatic heterocycles. The van der Waals surface area contributed by atoms with Crippen LogP contribution in [-0.2, 0) is 6.42 Å². The third-order valence-corrected chi connectivity index (χ3v) is 3.58. The monoisotopic (exact) mass is 214 g/mol. The lowest BCUT2D eigenvalue weighted by molar-refractivity contribution is 0.0131. The first kappa shape index (κ1) is 11.7. The Morgan fingerprint density at radius 3 is 2.57 bits per heavy atom. The quantitative estimate of drug-likeness (QED) is 0.788. The minimum absolute atomic E-state index is 0.574. The fourth-order valence-corrected chi connectivity index (χ4v) is 2.33. The Morgan fingerprint density at radius 2 is 2.07 bits per heavy atom. The van der Waals surface area contributed by atoms with Crippen LogP contribution in [-0.4, -0.2) is 22.4 Å². The first-order valence-electron chi connectivity index (χ1n) is 5.04. The molecule has 0 saturated carbocycles. The molecule has 3 heteroatoms. The second-order valence-corrected chi connectivity index (χ2v) is 4.61. The molecule has 1 aromatic rings. The first-order chi connectivity index (χ1) is 6.65. The van der Waals surface area contributed by atoms with Gasteiger partial charge in [0, 0.05) is 4.88 Å². The maximum Gasteiger partial charge on any atom is 0.0802 e. The maximum atomic E-state index is 9.56. The Bertz CT molecular complexity index is 270. The SMILES string of the molecule is CCC(O)C(O)CCc1sccc1C. The zero-order valence-electron chi connectivity index (χ0n) is 8.73. The summed E-state index contributed by atoms with van der Waals surface area (Å²) in [7, 11) is 0. The van der Waals surface area contributed by atoms with E-state index in [1.807, 2.05) is 6.92 Å².